The molecule has 0 aliphatic rings. The number of nitrogens with zero attached hydrogens (tertiary/aromatic N) is 1. The first-order chi connectivity index (χ1) is 31.1. The van der Waals surface area contributed by atoms with Gasteiger partial charge in [0.2, 0.25) is 11.8 Å². The van der Waals surface area contributed by atoms with Crippen LogP contribution in [0.4, 0.5) is 0 Å². The van der Waals surface area contributed by atoms with E-state index in [0.717, 1.165) is 96.3 Å². The van der Waals surface area contributed by atoms with E-state index in [0.29, 0.717) is 13.1 Å². The van der Waals surface area contributed by atoms with E-state index in [2.05, 4.69) is 64.2 Å². The molecule has 0 heterocycles. The lowest BCUT2D eigenvalue weighted by Gasteiger charge is -2.44. The zero-order valence-electron chi connectivity index (χ0n) is 42.2. The highest BCUT2D eigenvalue weighted by atomic mass is 16.2. The van der Waals surface area contributed by atoms with Crippen LogP contribution in [0, 0.1) is 0 Å². The van der Waals surface area contributed by atoms with Gasteiger partial charge in [0, 0.05) is 18.6 Å². The SMILES string of the molecule is CCCCCCCC/C=C\CCCCCCCCNC(=O)c1cc(C(=O)N(CCCCCCCC/C=C\CCCCCCCC)C(CC)(CC)CCCCC)c(C(N)=O)cc1C(N)=O. The van der Waals surface area contributed by atoms with Gasteiger partial charge in [-0.2, -0.15) is 0 Å². The fraction of sp³-hybridized carbons (Fsp3) is 0.750. The number of benzene rings is 1. The quantitative estimate of drug-likeness (QED) is 0.0444. The topological polar surface area (TPSA) is 136 Å². The van der Waals surface area contributed by atoms with Crippen molar-refractivity contribution in [1.29, 1.82) is 0 Å². The molecule has 0 atom stereocenters. The van der Waals surface area contributed by atoms with Crippen molar-refractivity contribution in [3.63, 3.8) is 0 Å². The van der Waals surface area contributed by atoms with Gasteiger partial charge in [0.25, 0.3) is 11.8 Å². The molecule has 0 aliphatic carbocycles. The van der Waals surface area contributed by atoms with Crippen LogP contribution in [0.25, 0.3) is 0 Å². The van der Waals surface area contributed by atoms with Crippen molar-refractivity contribution in [3.05, 3.63) is 58.7 Å². The smallest absolute Gasteiger partial charge is 0.255 e. The Morgan fingerprint density at radius 3 is 1.25 bits per heavy atom. The maximum Gasteiger partial charge on any atom is 0.255 e. The molecule has 0 radical (unpaired) electrons. The van der Waals surface area contributed by atoms with Crippen LogP contribution in [0.2, 0.25) is 0 Å². The van der Waals surface area contributed by atoms with E-state index in [1.807, 2.05) is 4.90 Å². The Morgan fingerprint density at radius 1 is 0.469 bits per heavy atom. The second-order valence-corrected chi connectivity index (χ2v) is 18.6. The highest BCUT2D eigenvalue weighted by molar-refractivity contribution is 6.13. The second kappa shape index (κ2) is 38.8. The number of unbranched alkanes of at least 4 members (excludes halogenated alkanes) is 26. The van der Waals surface area contributed by atoms with Gasteiger partial charge >= 0.3 is 0 Å². The summed E-state index contributed by atoms with van der Waals surface area (Å²) in [5.74, 6) is -2.48. The minimum absolute atomic E-state index is 0.00665. The molecule has 1 aromatic carbocycles. The van der Waals surface area contributed by atoms with E-state index < -0.39 is 23.3 Å². The fourth-order valence-electron chi connectivity index (χ4n) is 9.08. The predicted octanol–water partition coefficient (Wildman–Crippen LogP) is 15.3. The zero-order chi connectivity index (χ0) is 47.1. The summed E-state index contributed by atoms with van der Waals surface area (Å²) in [7, 11) is 0. The number of carbonyl (C=O) groups excluding carboxylic acids is 4. The summed E-state index contributed by atoms with van der Waals surface area (Å²) in [6.07, 6.45) is 48.6. The number of amides is 4. The minimum Gasteiger partial charge on any atom is -0.366 e. The molecule has 0 bridgehead atoms. The molecule has 0 aliphatic heterocycles. The number of allylic oxidation sites excluding steroid dienone is 4. The number of hydrogen-bond donors (Lipinski definition) is 3. The van der Waals surface area contributed by atoms with Crippen LogP contribution < -0.4 is 16.8 Å². The fourth-order valence-corrected chi connectivity index (χ4v) is 9.08. The van der Waals surface area contributed by atoms with E-state index in [4.69, 9.17) is 11.5 Å². The predicted molar refractivity (Wildman–Crippen MR) is 273 cm³/mol. The molecule has 8 nitrogen and oxygen atoms in total. The summed E-state index contributed by atoms with van der Waals surface area (Å²) < 4.78 is 0. The standard InChI is InChI=1S/C56H98N4O4/c1-6-11-14-16-18-20-22-24-26-28-30-32-34-36-38-41-44-59-54(63)50-47-51(49(53(58)62)46-48(50)52(57)61)55(64)60(56(9-4,10-5)43-40-13-8-3)45-42-39-37-35-33-31-29-27-25-23-21-19-17-15-12-7-2/h24-27,46-47H,6-23,28-45H2,1-5H3,(H2,57,61)(H2,58,62)(H,59,63)/b26-24-,27-25-. The summed E-state index contributed by atoms with van der Waals surface area (Å²) in [6.45, 7) is 12.0. The van der Waals surface area contributed by atoms with Gasteiger partial charge in [0.05, 0.1) is 22.3 Å². The summed E-state index contributed by atoms with van der Waals surface area (Å²) in [5.41, 5.74) is 11.1. The Hall–Kier alpha value is -3.42. The second-order valence-electron chi connectivity index (χ2n) is 18.6. The highest BCUT2D eigenvalue weighted by Crippen LogP contribution is 2.34. The molecule has 0 aromatic heterocycles. The Labute approximate surface area is 393 Å². The maximum absolute atomic E-state index is 14.9. The monoisotopic (exact) mass is 891 g/mol. The van der Waals surface area contributed by atoms with E-state index >= 15 is 0 Å². The molecule has 64 heavy (non-hydrogen) atoms. The largest absolute Gasteiger partial charge is 0.366 e. The molecular formula is C56H98N4O4. The van der Waals surface area contributed by atoms with Crippen molar-refractivity contribution >= 4 is 23.6 Å². The number of nitrogens with one attached hydrogen (secondary N) is 1. The number of hydrogen-bond acceptors (Lipinski definition) is 4. The molecule has 0 spiro atoms. The van der Waals surface area contributed by atoms with Gasteiger partial charge in [-0.05, 0) is 95.6 Å². The van der Waals surface area contributed by atoms with Crippen LogP contribution in [-0.2, 0) is 0 Å². The van der Waals surface area contributed by atoms with Crippen molar-refractivity contribution < 1.29 is 19.2 Å². The van der Waals surface area contributed by atoms with Gasteiger partial charge in [-0.3, -0.25) is 19.2 Å². The summed E-state index contributed by atoms with van der Waals surface area (Å²) in [4.78, 5) is 56.2. The molecule has 4 amide bonds. The van der Waals surface area contributed by atoms with Crippen molar-refractivity contribution in [2.24, 2.45) is 11.5 Å². The third kappa shape index (κ3) is 25.3. The zero-order valence-corrected chi connectivity index (χ0v) is 42.2. The van der Waals surface area contributed by atoms with E-state index in [1.54, 1.807) is 0 Å². The van der Waals surface area contributed by atoms with Crippen LogP contribution in [-0.4, -0.2) is 47.2 Å². The maximum atomic E-state index is 14.9. The molecular weight excluding hydrogens is 793 g/mol. The number of carbonyl (C=O) groups is 4. The molecule has 0 saturated heterocycles. The van der Waals surface area contributed by atoms with E-state index in [9.17, 15) is 19.2 Å². The van der Waals surface area contributed by atoms with Gasteiger partial charge in [-0.15, -0.1) is 0 Å². The lowest BCUT2D eigenvalue weighted by Crippen LogP contribution is -2.52. The lowest BCUT2D eigenvalue weighted by atomic mass is 9.83. The van der Waals surface area contributed by atoms with Crippen molar-refractivity contribution in [3.8, 4) is 0 Å². The average Bonchev–Trinajstić information content (AvgIpc) is 3.29. The molecule has 0 saturated carbocycles. The molecule has 8 heteroatoms. The normalized spacial score (nSPS) is 11.8. The van der Waals surface area contributed by atoms with Crippen LogP contribution in [0.3, 0.4) is 0 Å². The number of nitrogens with two attached hydrogens (primary N) is 2. The highest BCUT2D eigenvalue weighted by Gasteiger charge is 2.38. The number of primary amides is 2. The third-order valence-corrected chi connectivity index (χ3v) is 13.4. The number of rotatable bonds is 43. The van der Waals surface area contributed by atoms with Gasteiger partial charge in [-0.25, -0.2) is 0 Å². The molecule has 5 N–H and O–H groups in total. The van der Waals surface area contributed by atoms with Gasteiger partial charge in [0.1, 0.15) is 0 Å². The van der Waals surface area contributed by atoms with Crippen LogP contribution >= 0.6 is 0 Å². The Bertz CT molecular complexity index is 1450. The van der Waals surface area contributed by atoms with Crippen LogP contribution in [0.5, 0.6) is 0 Å². The average molecular weight is 891 g/mol. The summed E-state index contributed by atoms with van der Waals surface area (Å²) >= 11 is 0. The van der Waals surface area contributed by atoms with Crippen molar-refractivity contribution in [2.45, 2.75) is 258 Å². The first kappa shape index (κ1) is 58.6. The van der Waals surface area contributed by atoms with Gasteiger partial charge in [-0.1, -0.05) is 194 Å². The Balaban J connectivity index is 2.90. The Kier molecular flexibility index (Phi) is 35.5. The van der Waals surface area contributed by atoms with Gasteiger partial charge in [0.15, 0.2) is 0 Å². The molecule has 0 fully saturated rings. The van der Waals surface area contributed by atoms with Crippen LogP contribution in [0.1, 0.15) is 294 Å². The first-order valence-electron chi connectivity index (χ1n) is 26.8. The van der Waals surface area contributed by atoms with E-state index in [1.165, 1.54) is 134 Å². The summed E-state index contributed by atoms with van der Waals surface area (Å²) in [6, 6.07) is 2.66. The van der Waals surface area contributed by atoms with Crippen molar-refractivity contribution in [1.82, 2.24) is 10.2 Å². The molecule has 366 valence electrons. The van der Waals surface area contributed by atoms with E-state index in [-0.39, 0.29) is 28.2 Å². The van der Waals surface area contributed by atoms with Gasteiger partial charge < -0.3 is 21.7 Å². The minimum atomic E-state index is -0.846. The Morgan fingerprint density at radius 2 is 0.828 bits per heavy atom. The molecule has 1 rings (SSSR count). The lowest BCUT2D eigenvalue weighted by molar-refractivity contribution is 0.0385. The first-order valence-corrected chi connectivity index (χ1v) is 26.8. The summed E-state index contributed by atoms with van der Waals surface area (Å²) in [5, 5.41) is 2.96. The molecule has 0 unspecified atom stereocenters. The molecule has 1 aromatic rings. The van der Waals surface area contributed by atoms with Crippen LogP contribution in [0.15, 0.2) is 36.4 Å². The third-order valence-electron chi connectivity index (χ3n) is 13.4. The van der Waals surface area contributed by atoms with Crippen molar-refractivity contribution in [2.75, 3.05) is 13.1 Å².